The van der Waals surface area contributed by atoms with Gasteiger partial charge in [0.25, 0.3) is 0 Å². The molecule has 0 aromatic heterocycles. The molecule has 0 bridgehead atoms. The number of nitrogens with one attached hydrogen (secondary N) is 1. The molecule has 88 valence electrons. The van der Waals surface area contributed by atoms with Crippen LogP contribution in [0.4, 0.5) is 0 Å². The molecule has 2 rings (SSSR count). The third-order valence-electron chi connectivity index (χ3n) is 2.88. The van der Waals surface area contributed by atoms with E-state index in [9.17, 15) is 0 Å². The van der Waals surface area contributed by atoms with E-state index in [1.54, 1.807) is 0 Å². The Morgan fingerprint density at radius 3 is 2.35 bits per heavy atom. The van der Waals surface area contributed by atoms with Crippen molar-refractivity contribution < 1.29 is 0 Å². The van der Waals surface area contributed by atoms with Crippen molar-refractivity contribution in [3.8, 4) is 11.1 Å². The van der Waals surface area contributed by atoms with E-state index in [0.717, 1.165) is 13.1 Å². The Balaban J connectivity index is 2.17. The molecule has 1 N–H and O–H groups in total. The van der Waals surface area contributed by atoms with E-state index < -0.39 is 0 Å². The van der Waals surface area contributed by atoms with E-state index in [0.29, 0.717) is 0 Å². The molecule has 0 aliphatic carbocycles. The van der Waals surface area contributed by atoms with E-state index in [-0.39, 0.29) is 0 Å². The second-order valence-electron chi connectivity index (χ2n) is 4.35. The number of rotatable bonds is 4. The molecule has 0 unspecified atom stereocenters. The molecule has 1 heteroatoms. The van der Waals surface area contributed by atoms with Crippen molar-refractivity contribution in [3.63, 3.8) is 0 Å². The van der Waals surface area contributed by atoms with Gasteiger partial charge in [0.2, 0.25) is 0 Å². The lowest BCUT2D eigenvalue weighted by molar-refractivity contribution is 0.727. The molecular weight excluding hydrogens is 206 g/mol. The molecule has 1 nitrogen and oxygen atoms in total. The highest BCUT2D eigenvalue weighted by molar-refractivity contribution is 5.64. The zero-order valence-corrected chi connectivity index (χ0v) is 10.5. The lowest BCUT2D eigenvalue weighted by Gasteiger charge is -2.05. The lowest BCUT2D eigenvalue weighted by Crippen LogP contribution is -2.11. The molecule has 17 heavy (non-hydrogen) atoms. The van der Waals surface area contributed by atoms with Gasteiger partial charge in [-0.15, -0.1) is 0 Å². The smallest absolute Gasteiger partial charge is 0.0205 e. The molecule has 2 aromatic carbocycles. The lowest BCUT2D eigenvalue weighted by atomic mass is 10.0. The molecule has 0 saturated heterocycles. The van der Waals surface area contributed by atoms with Crippen LogP contribution >= 0.6 is 0 Å². The fraction of sp³-hybridized carbons (Fsp3) is 0.250. The first-order chi connectivity index (χ1) is 8.29. The Kier molecular flexibility index (Phi) is 3.94. The first kappa shape index (κ1) is 11.9. The van der Waals surface area contributed by atoms with Crippen LogP contribution in [0.3, 0.4) is 0 Å². The first-order valence-electron chi connectivity index (χ1n) is 6.16. The van der Waals surface area contributed by atoms with Crippen molar-refractivity contribution in [1.82, 2.24) is 5.32 Å². The molecule has 0 aliphatic rings. The molecule has 0 heterocycles. The van der Waals surface area contributed by atoms with Crippen LogP contribution in [-0.2, 0) is 6.54 Å². The van der Waals surface area contributed by atoms with E-state index in [1.807, 2.05) is 0 Å². The summed E-state index contributed by atoms with van der Waals surface area (Å²) >= 11 is 0. The summed E-state index contributed by atoms with van der Waals surface area (Å²) in [6, 6.07) is 17.4. The van der Waals surface area contributed by atoms with Gasteiger partial charge in [0.05, 0.1) is 0 Å². The molecule has 0 amide bonds. The summed E-state index contributed by atoms with van der Waals surface area (Å²) in [6.45, 7) is 6.22. The monoisotopic (exact) mass is 225 g/mol. The zero-order chi connectivity index (χ0) is 12.1. The predicted molar refractivity (Wildman–Crippen MR) is 74.0 cm³/mol. The number of benzene rings is 2. The Labute approximate surface area is 103 Å². The van der Waals surface area contributed by atoms with Crippen LogP contribution in [0.15, 0.2) is 48.5 Å². The van der Waals surface area contributed by atoms with Gasteiger partial charge in [-0.3, -0.25) is 0 Å². The summed E-state index contributed by atoms with van der Waals surface area (Å²) in [4.78, 5) is 0. The van der Waals surface area contributed by atoms with Crippen molar-refractivity contribution in [2.75, 3.05) is 6.54 Å². The maximum absolute atomic E-state index is 3.33. The van der Waals surface area contributed by atoms with Gasteiger partial charge >= 0.3 is 0 Å². The molecule has 0 fully saturated rings. The van der Waals surface area contributed by atoms with Crippen molar-refractivity contribution in [2.24, 2.45) is 0 Å². The molecule has 0 spiro atoms. The summed E-state index contributed by atoms with van der Waals surface area (Å²) in [6.07, 6.45) is 0. The average molecular weight is 225 g/mol. The van der Waals surface area contributed by atoms with Gasteiger partial charge in [0.15, 0.2) is 0 Å². The molecule has 0 aliphatic heterocycles. The molecular formula is C16H19N. The second-order valence-corrected chi connectivity index (χ2v) is 4.35. The predicted octanol–water partition coefficient (Wildman–Crippen LogP) is 3.77. The van der Waals surface area contributed by atoms with Crippen LogP contribution < -0.4 is 5.32 Å². The summed E-state index contributed by atoms with van der Waals surface area (Å²) in [7, 11) is 0. The van der Waals surface area contributed by atoms with Crippen LogP contribution in [0.1, 0.15) is 18.1 Å². The minimum atomic E-state index is 0.949. The van der Waals surface area contributed by atoms with E-state index in [1.165, 1.54) is 22.3 Å². The van der Waals surface area contributed by atoms with Crippen molar-refractivity contribution in [3.05, 3.63) is 59.7 Å². The van der Waals surface area contributed by atoms with Crippen LogP contribution in [0.25, 0.3) is 11.1 Å². The molecule has 0 saturated carbocycles. The normalized spacial score (nSPS) is 10.5. The minimum Gasteiger partial charge on any atom is -0.313 e. The maximum Gasteiger partial charge on any atom is 0.0205 e. The van der Waals surface area contributed by atoms with Crippen LogP contribution in [-0.4, -0.2) is 6.54 Å². The van der Waals surface area contributed by atoms with Gasteiger partial charge in [-0.25, -0.2) is 0 Å². The Hall–Kier alpha value is -1.60. The molecule has 0 radical (unpaired) electrons. The van der Waals surface area contributed by atoms with Crippen molar-refractivity contribution >= 4 is 0 Å². The van der Waals surface area contributed by atoms with E-state index in [2.05, 4.69) is 67.7 Å². The Morgan fingerprint density at radius 2 is 1.71 bits per heavy atom. The maximum atomic E-state index is 3.33. The van der Waals surface area contributed by atoms with Crippen LogP contribution in [0, 0.1) is 6.92 Å². The number of hydrogen-bond acceptors (Lipinski definition) is 1. The second kappa shape index (κ2) is 5.65. The highest BCUT2D eigenvalue weighted by Gasteiger charge is 1.98. The average Bonchev–Trinajstić information content (AvgIpc) is 2.37. The Bertz CT molecular complexity index is 471. The largest absolute Gasteiger partial charge is 0.313 e. The molecule has 0 atom stereocenters. The number of hydrogen-bond donors (Lipinski definition) is 1. The fourth-order valence-corrected chi connectivity index (χ4v) is 1.91. The summed E-state index contributed by atoms with van der Waals surface area (Å²) in [5.41, 5.74) is 5.22. The van der Waals surface area contributed by atoms with Crippen LogP contribution in [0.2, 0.25) is 0 Å². The van der Waals surface area contributed by atoms with Gasteiger partial charge in [-0.1, -0.05) is 61.0 Å². The standard InChI is InChI=1S/C16H19N/c1-3-17-12-14-7-9-15(10-8-14)16-6-4-5-13(2)11-16/h4-11,17H,3,12H2,1-2H3. The number of aryl methyl sites for hydroxylation is 1. The van der Waals surface area contributed by atoms with Gasteiger partial charge < -0.3 is 5.32 Å². The van der Waals surface area contributed by atoms with Gasteiger partial charge in [-0.2, -0.15) is 0 Å². The van der Waals surface area contributed by atoms with Gasteiger partial charge in [0, 0.05) is 6.54 Å². The highest BCUT2D eigenvalue weighted by atomic mass is 14.8. The molecule has 2 aromatic rings. The van der Waals surface area contributed by atoms with E-state index >= 15 is 0 Å². The first-order valence-corrected chi connectivity index (χ1v) is 6.16. The summed E-state index contributed by atoms with van der Waals surface area (Å²) in [5, 5.41) is 3.33. The van der Waals surface area contributed by atoms with Crippen molar-refractivity contribution in [1.29, 1.82) is 0 Å². The minimum absolute atomic E-state index is 0.949. The summed E-state index contributed by atoms with van der Waals surface area (Å²) < 4.78 is 0. The third-order valence-corrected chi connectivity index (χ3v) is 2.88. The topological polar surface area (TPSA) is 12.0 Å². The highest BCUT2D eigenvalue weighted by Crippen LogP contribution is 2.20. The third kappa shape index (κ3) is 3.18. The van der Waals surface area contributed by atoms with Gasteiger partial charge in [-0.05, 0) is 30.2 Å². The Morgan fingerprint density at radius 1 is 0.941 bits per heavy atom. The van der Waals surface area contributed by atoms with Crippen molar-refractivity contribution in [2.45, 2.75) is 20.4 Å². The summed E-state index contributed by atoms with van der Waals surface area (Å²) in [5.74, 6) is 0. The quantitative estimate of drug-likeness (QED) is 0.835. The van der Waals surface area contributed by atoms with Gasteiger partial charge in [0.1, 0.15) is 0 Å². The zero-order valence-electron chi connectivity index (χ0n) is 10.5. The van der Waals surface area contributed by atoms with Crippen LogP contribution in [0.5, 0.6) is 0 Å². The fourth-order valence-electron chi connectivity index (χ4n) is 1.91. The SMILES string of the molecule is CCNCc1ccc(-c2cccc(C)c2)cc1. The van der Waals surface area contributed by atoms with E-state index in [4.69, 9.17) is 0 Å².